The van der Waals surface area contributed by atoms with Gasteiger partial charge in [-0.05, 0) is 46.8 Å². The summed E-state index contributed by atoms with van der Waals surface area (Å²) in [7, 11) is 1.44. The first kappa shape index (κ1) is 12.4. The van der Waals surface area contributed by atoms with Crippen molar-refractivity contribution < 1.29 is 9.53 Å². The molecule has 1 atom stereocenters. The van der Waals surface area contributed by atoms with Crippen molar-refractivity contribution in [3.8, 4) is 0 Å². The van der Waals surface area contributed by atoms with E-state index in [1.807, 2.05) is 24.3 Å². The van der Waals surface area contributed by atoms with E-state index in [1.165, 1.54) is 13.5 Å². The number of carbonyl (C=O) groups is 1. The third kappa shape index (κ3) is 2.80. The van der Waals surface area contributed by atoms with E-state index >= 15 is 0 Å². The van der Waals surface area contributed by atoms with E-state index in [9.17, 15) is 4.79 Å². The third-order valence-corrected chi connectivity index (χ3v) is 3.95. The monoisotopic (exact) mass is 297 g/mol. The second-order valence-electron chi connectivity index (χ2n) is 4.32. The molecule has 1 saturated carbocycles. The lowest BCUT2D eigenvalue weighted by molar-refractivity contribution is -0.143. The molecule has 0 heterocycles. The molecular weight excluding hydrogens is 282 g/mol. The molecule has 1 aliphatic carbocycles. The van der Waals surface area contributed by atoms with Crippen LogP contribution in [-0.4, -0.2) is 19.1 Å². The lowest BCUT2D eigenvalue weighted by Crippen LogP contribution is -2.41. The Balaban J connectivity index is 2.12. The fourth-order valence-electron chi connectivity index (χ4n) is 2.02. The van der Waals surface area contributed by atoms with Crippen LogP contribution in [0, 0.1) is 5.92 Å². The molecule has 3 nitrogen and oxygen atoms in total. The number of esters is 1. The van der Waals surface area contributed by atoms with Gasteiger partial charge in [-0.15, -0.1) is 0 Å². The van der Waals surface area contributed by atoms with Crippen LogP contribution in [0.4, 0.5) is 5.69 Å². The van der Waals surface area contributed by atoms with Crippen molar-refractivity contribution >= 4 is 27.6 Å². The Morgan fingerprint density at radius 1 is 1.47 bits per heavy atom. The van der Waals surface area contributed by atoms with Gasteiger partial charge in [-0.25, -0.2) is 4.79 Å². The molecule has 1 aromatic rings. The molecule has 0 radical (unpaired) electrons. The van der Waals surface area contributed by atoms with Gasteiger partial charge < -0.3 is 10.1 Å². The molecule has 1 aromatic carbocycles. The highest BCUT2D eigenvalue weighted by molar-refractivity contribution is 9.10. The van der Waals surface area contributed by atoms with Gasteiger partial charge in [0.2, 0.25) is 0 Å². The van der Waals surface area contributed by atoms with Gasteiger partial charge in [-0.1, -0.05) is 18.6 Å². The SMILES string of the molecule is COC(=O)C(Nc1ccccc1Br)C1CCC1. The zero-order chi connectivity index (χ0) is 12.3. The van der Waals surface area contributed by atoms with Crippen LogP contribution >= 0.6 is 15.9 Å². The first-order chi connectivity index (χ1) is 8.22. The first-order valence-electron chi connectivity index (χ1n) is 5.81. The van der Waals surface area contributed by atoms with Crippen molar-refractivity contribution in [1.82, 2.24) is 0 Å². The summed E-state index contributed by atoms with van der Waals surface area (Å²) in [6, 6.07) is 7.58. The molecule has 0 aliphatic heterocycles. The molecule has 0 amide bonds. The molecule has 0 bridgehead atoms. The predicted octanol–water partition coefficient (Wildman–Crippen LogP) is 3.20. The minimum absolute atomic E-state index is 0.176. The Hall–Kier alpha value is -1.03. The molecule has 0 aromatic heterocycles. The Labute approximate surface area is 110 Å². The van der Waals surface area contributed by atoms with Crippen LogP contribution in [0.2, 0.25) is 0 Å². The first-order valence-corrected chi connectivity index (χ1v) is 6.60. The second kappa shape index (κ2) is 5.54. The summed E-state index contributed by atoms with van der Waals surface area (Å²) in [6.45, 7) is 0. The molecule has 2 rings (SSSR count). The quantitative estimate of drug-likeness (QED) is 0.868. The molecule has 4 heteroatoms. The van der Waals surface area contributed by atoms with Crippen molar-refractivity contribution in [2.75, 3.05) is 12.4 Å². The molecule has 1 unspecified atom stereocenters. The van der Waals surface area contributed by atoms with E-state index in [2.05, 4.69) is 21.2 Å². The zero-order valence-corrected chi connectivity index (χ0v) is 11.4. The maximum absolute atomic E-state index is 11.8. The molecular formula is C13H16BrNO2. The molecule has 92 valence electrons. The van der Waals surface area contributed by atoms with Gasteiger partial charge in [0.05, 0.1) is 7.11 Å². The molecule has 1 fully saturated rings. The summed E-state index contributed by atoms with van der Waals surface area (Å²) in [5.41, 5.74) is 0.940. The number of para-hydroxylation sites is 1. The number of halogens is 1. The van der Waals surface area contributed by atoms with Crippen LogP contribution in [0.1, 0.15) is 19.3 Å². The summed E-state index contributed by atoms with van der Waals surface area (Å²) in [5.74, 6) is 0.222. The van der Waals surface area contributed by atoms with Crippen LogP contribution in [0.5, 0.6) is 0 Å². The largest absolute Gasteiger partial charge is 0.467 e. The third-order valence-electron chi connectivity index (χ3n) is 3.26. The van der Waals surface area contributed by atoms with Gasteiger partial charge >= 0.3 is 5.97 Å². The van der Waals surface area contributed by atoms with E-state index in [1.54, 1.807) is 0 Å². The number of ether oxygens (including phenoxy) is 1. The molecule has 1 aliphatic rings. The normalized spacial score (nSPS) is 17.1. The van der Waals surface area contributed by atoms with Crippen molar-refractivity contribution in [3.05, 3.63) is 28.7 Å². The molecule has 17 heavy (non-hydrogen) atoms. The number of methoxy groups -OCH3 is 1. The zero-order valence-electron chi connectivity index (χ0n) is 9.78. The van der Waals surface area contributed by atoms with Crippen LogP contribution in [0.15, 0.2) is 28.7 Å². The highest BCUT2D eigenvalue weighted by atomic mass is 79.9. The van der Waals surface area contributed by atoms with E-state index in [-0.39, 0.29) is 12.0 Å². The van der Waals surface area contributed by atoms with Crippen molar-refractivity contribution in [3.63, 3.8) is 0 Å². The maximum Gasteiger partial charge on any atom is 0.328 e. The summed E-state index contributed by atoms with van der Waals surface area (Å²) in [6.07, 6.45) is 3.39. The summed E-state index contributed by atoms with van der Waals surface area (Å²) >= 11 is 3.47. The number of hydrogen-bond donors (Lipinski definition) is 1. The van der Waals surface area contributed by atoms with Gasteiger partial charge in [-0.3, -0.25) is 0 Å². The summed E-state index contributed by atoms with van der Waals surface area (Å²) < 4.78 is 5.83. The van der Waals surface area contributed by atoms with Crippen LogP contribution in [-0.2, 0) is 9.53 Å². The number of hydrogen-bond acceptors (Lipinski definition) is 3. The smallest absolute Gasteiger partial charge is 0.328 e. The van der Waals surface area contributed by atoms with Crippen molar-refractivity contribution in [2.24, 2.45) is 5.92 Å². The van der Waals surface area contributed by atoms with E-state index in [0.717, 1.165) is 23.0 Å². The highest BCUT2D eigenvalue weighted by Crippen LogP contribution is 2.33. The lowest BCUT2D eigenvalue weighted by atomic mass is 9.79. The van der Waals surface area contributed by atoms with Gasteiger partial charge in [0.1, 0.15) is 6.04 Å². The second-order valence-corrected chi connectivity index (χ2v) is 5.17. The number of rotatable bonds is 4. The fraction of sp³-hybridized carbons (Fsp3) is 0.462. The van der Waals surface area contributed by atoms with Gasteiger partial charge in [-0.2, -0.15) is 0 Å². The van der Waals surface area contributed by atoms with Gasteiger partial charge in [0.25, 0.3) is 0 Å². The van der Waals surface area contributed by atoms with Crippen molar-refractivity contribution in [1.29, 1.82) is 0 Å². The Morgan fingerprint density at radius 2 is 2.18 bits per heavy atom. The van der Waals surface area contributed by atoms with Crippen LogP contribution in [0.3, 0.4) is 0 Å². The van der Waals surface area contributed by atoms with Crippen LogP contribution in [0.25, 0.3) is 0 Å². The predicted molar refractivity (Wildman–Crippen MR) is 70.9 cm³/mol. The Bertz CT molecular complexity index is 404. The van der Waals surface area contributed by atoms with E-state index < -0.39 is 0 Å². The standard InChI is InChI=1S/C13H16BrNO2/c1-17-13(16)12(9-5-4-6-9)15-11-8-3-2-7-10(11)14/h2-3,7-9,12,15H,4-6H2,1H3. The fourth-order valence-corrected chi connectivity index (χ4v) is 2.41. The Kier molecular flexibility index (Phi) is 4.05. The number of carbonyl (C=O) groups excluding carboxylic acids is 1. The number of benzene rings is 1. The minimum atomic E-state index is -0.229. The average Bonchev–Trinajstić information content (AvgIpc) is 2.27. The minimum Gasteiger partial charge on any atom is -0.467 e. The maximum atomic E-state index is 11.8. The number of nitrogens with one attached hydrogen (secondary N) is 1. The van der Waals surface area contributed by atoms with Gasteiger partial charge in [0.15, 0.2) is 0 Å². The van der Waals surface area contributed by atoms with Crippen LogP contribution < -0.4 is 5.32 Å². The molecule has 0 saturated heterocycles. The Morgan fingerprint density at radius 3 is 2.71 bits per heavy atom. The molecule has 0 spiro atoms. The van der Waals surface area contributed by atoms with Crippen molar-refractivity contribution in [2.45, 2.75) is 25.3 Å². The lowest BCUT2D eigenvalue weighted by Gasteiger charge is -2.33. The number of anilines is 1. The van der Waals surface area contributed by atoms with E-state index in [4.69, 9.17) is 4.74 Å². The highest BCUT2D eigenvalue weighted by Gasteiger charge is 2.33. The average molecular weight is 298 g/mol. The molecule has 1 N–H and O–H groups in total. The topological polar surface area (TPSA) is 38.3 Å². The summed E-state index contributed by atoms with van der Waals surface area (Å²) in [4.78, 5) is 11.8. The van der Waals surface area contributed by atoms with E-state index in [0.29, 0.717) is 5.92 Å². The van der Waals surface area contributed by atoms with Gasteiger partial charge in [0, 0.05) is 10.2 Å². The summed E-state index contributed by atoms with van der Waals surface area (Å²) in [5, 5.41) is 3.28.